The predicted octanol–water partition coefficient (Wildman–Crippen LogP) is 3.54. The van der Waals surface area contributed by atoms with Crippen LogP contribution in [-0.2, 0) is 6.54 Å². The second kappa shape index (κ2) is 7.02. The molecule has 0 aliphatic rings. The summed E-state index contributed by atoms with van der Waals surface area (Å²) in [6.45, 7) is 0.558. The van der Waals surface area contributed by atoms with Crippen molar-refractivity contribution < 1.29 is 0 Å². The fourth-order valence-corrected chi connectivity index (χ4v) is 3.14. The summed E-state index contributed by atoms with van der Waals surface area (Å²) in [6, 6.07) is 19.3. The summed E-state index contributed by atoms with van der Waals surface area (Å²) in [6.07, 6.45) is 7.21. The molecule has 4 heterocycles. The Morgan fingerprint density at radius 3 is 2.76 bits per heavy atom. The predicted molar refractivity (Wildman–Crippen MR) is 112 cm³/mol. The molecular weight excluding hydrogens is 362 g/mol. The lowest BCUT2D eigenvalue weighted by Crippen LogP contribution is -2.04. The van der Waals surface area contributed by atoms with E-state index in [1.165, 1.54) is 0 Å². The van der Waals surface area contributed by atoms with Gasteiger partial charge in [0.25, 0.3) is 0 Å². The first-order valence-electron chi connectivity index (χ1n) is 9.03. The van der Waals surface area contributed by atoms with Gasteiger partial charge in [-0.1, -0.05) is 29.3 Å². The molecule has 7 heteroatoms. The van der Waals surface area contributed by atoms with Crippen molar-refractivity contribution in [3.63, 3.8) is 0 Å². The van der Waals surface area contributed by atoms with E-state index in [4.69, 9.17) is 6.42 Å². The van der Waals surface area contributed by atoms with Gasteiger partial charge in [0.05, 0.1) is 12.1 Å². The van der Waals surface area contributed by atoms with Crippen LogP contribution in [0.1, 0.15) is 11.3 Å². The molecule has 0 aliphatic heterocycles. The van der Waals surface area contributed by atoms with E-state index < -0.39 is 0 Å². The Labute approximate surface area is 166 Å². The summed E-state index contributed by atoms with van der Waals surface area (Å²) in [5.74, 6) is 3.80. The number of nitrogens with zero attached hydrogens (tertiary/aromatic N) is 6. The molecular formula is C22H15N7. The van der Waals surface area contributed by atoms with Crippen molar-refractivity contribution in [2.45, 2.75) is 6.54 Å². The minimum absolute atomic E-state index is 0.558. The first-order valence-corrected chi connectivity index (χ1v) is 9.03. The molecule has 0 aliphatic carbocycles. The number of pyridine rings is 3. The highest BCUT2D eigenvalue weighted by molar-refractivity contribution is 5.79. The van der Waals surface area contributed by atoms with E-state index in [1.807, 2.05) is 48.5 Å². The van der Waals surface area contributed by atoms with E-state index >= 15 is 0 Å². The molecule has 0 saturated carbocycles. The molecule has 1 N–H and O–H groups in total. The molecule has 5 aromatic rings. The average molecular weight is 377 g/mol. The molecule has 0 spiro atoms. The minimum Gasteiger partial charge on any atom is -0.325 e. The number of anilines is 2. The van der Waals surface area contributed by atoms with Crippen LogP contribution in [0, 0.1) is 12.3 Å². The van der Waals surface area contributed by atoms with E-state index in [1.54, 1.807) is 16.9 Å². The van der Waals surface area contributed by atoms with Crippen molar-refractivity contribution in [2.75, 3.05) is 5.32 Å². The molecule has 7 nitrogen and oxygen atoms in total. The van der Waals surface area contributed by atoms with Gasteiger partial charge >= 0.3 is 0 Å². The number of fused-ring (bicyclic) bond motifs is 2. The number of benzene rings is 1. The standard InChI is InChI=1S/C22H15N7/c1-2-17-6-3-7-20(24-17)25-21-11-10-19-22(26-21)29(28-27-19)14-15-8-9-18-16(13-15)5-4-12-23-18/h1,3-13H,14H2,(H,24,25,26). The Bertz CT molecular complexity index is 1380. The van der Waals surface area contributed by atoms with E-state index in [0.29, 0.717) is 29.5 Å². The largest absolute Gasteiger partial charge is 0.325 e. The molecule has 0 saturated heterocycles. The SMILES string of the molecule is C#Cc1cccc(Nc2ccc3nnn(Cc4ccc5ncccc5c4)c3n2)n1. The summed E-state index contributed by atoms with van der Waals surface area (Å²) in [5, 5.41) is 12.8. The van der Waals surface area contributed by atoms with Gasteiger partial charge in [-0.2, -0.15) is 0 Å². The number of aromatic nitrogens is 6. The van der Waals surface area contributed by atoms with Crippen molar-refractivity contribution in [2.24, 2.45) is 0 Å². The maximum Gasteiger partial charge on any atom is 0.180 e. The van der Waals surface area contributed by atoms with Crippen molar-refractivity contribution in [3.8, 4) is 12.3 Å². The summed E-state index contributed by atoms with van der Waals surface area (Å²) in [4.78, 5) is 13.4. The van der Waals surface area contributed by atoms with E-state index in [-0.39, 0.29) is 0 Å². The van der Waals surface area contributed by atoms with Gasteiger partial charge in [-0.25, -0.2) is 14.6 Å². The Morgan fingerprint density at radius 2 is 1.83 bits per heavy atom. The van der Waals surface area contributed by atoms with Gasteiger partial charge in [0.1, 0.15) is 22.8 Å². The van der Waals surface area contributed by atoms with Gasteiger partial charge in [-0.3, -0.25) is 4.98 Å². The number of hydrogen-bond acceptors (Lipinski definition) is 6. The molecule has 29 heavy (non-hydrogen) atoms. The van der Waals surface area contributed by atoms with Crippen molar-refractivity contribution in [1.82, 2.24) is 29.9 Å². The van der Waals surface area contributed by atoms with E-state index in [2.05, 4.69) is 42.6 Å². The zero-order chi connectivity index (χ0) is 19.6. The Morgan fingerprint density at radius 1 is 0.931 bits per heavy atom. The van der Waals surface area contributed by atoms with Gasteiger partial charge < -0.3 is 5.32 Å². The van der Waals surface area contributed by atoms with Crippen LogP contribution >= 0.6 is 0 Å². The van der Waals surface area contributed by atoms with Crippen LogP contribution in [-0.4, -0.2) is 29.9 Å². The fraction of sp³-hybridized carbons (Fsp3) is 0.0455. The summed E-state index contributed by atoms with van der Waals surface area (Å²) in [7, 11) is 0. The minimum atomic E-state index is 0.558. The third-order valence-corrected chi connectivity index (χ3v) is 4.51. The highest BCUT2D eigenvalue weighted by atomic mass is 15.4. The molecule has 0 unspecified atom stereocenters. The topological polar surface area (TPSA) is 81.4 Å². The van der Waals surface area contributed by atoms with Crippen LogP contribution in [0.5, 0.6) is 0 Å². The normalized spacial score (nSPS) is 10.9. The highest BCUT2D eigenvalue weighted by Crippen LogP contribution is 2.19. The number of rotatable bonds is 4. The van der Waals surface area contributed by atoms with Gasteiger partial charge in [-0.05, 0) is 48.0 Å². The third kappa shape index (κ3) is 3.35. The maximum absolute atomic E-state index is 5.42. The summed E-state index contributed by atoms with van der Waals surface area (Å²) >= 11 is 0. The zero-order valence-electron chi connectivity index (χ0n) is 15.3. The van der Waals surface area contributed by atoms with Crippen LogP contribution in [0.4, 0.5) is 11.6 Å². The van der Waals surface area contributed by atoms with Gasteiger partial charge in [0.15, 0.2) is 5.65 Å². The Kier molecular flexibility index (Phi) is 4.07. The van der Waals surface area contributed by atoms with Crippen LogP contribution in [0.3, 0.4) is 0 Å². The molecule has 0 fully saturated rings. The molecule has 5 rings (SSSR count). The Hall–Kier alpha value is -4.31. The smallest absolute Gasteiger partial charge is 0.180 e. The van der Waals surface area contributed by atoms with Gasteiger partial charge in [-0.15, -0.1) is 11.5 Å². The lowest BCUT2D eigenvalue weighted by Gasteiger charge is -2.07. The fourth-order valence-electron chi connectivity index (χ4n) is 3.14. The quantitative estimate of drug-likeness (QED) is 0.483. The first-order chi connectivity index (χ1) is 14.3. The van der Waals surface area contributed by atoms with Crippen molar-refractivity contribution >= 4 is 33.7 Å². The molecule has 1 aromatic carbocycles. The monoisotopic (exact) mass is 377 g/mol. The number of hydrogen-bond donors (Lipinski definition) is 1. The van der Waals surface area contributed by atoms with Crippen LogP contribution in [0.25, 0.3) is 22.1 Å². The highest BCUT2D eigenvalue weighted by Gasteiger charge is 2.09. The van der Waals surface area contributed by atoms with Crippen LogP contribution in [0.2, 0.25) is 0 Å². The molecule has 0 bridgehead atoms. The van der Waals surface area contributed by atoms with Crippen LogP contribution < -0.4 is 5.32 Å². The summed E-state index contributed by atoms with van der Waals surface area (Å²) < 4.78 is 1.78. The molecule has 138 valence electrons. The lowest BCUT2D eigenvalue weighted by atomic mass is 10.1. The zero-order valence-corrected chi connectivity index (χ0v) is 15.3. The maximum atomic E-state index is 5.42. The van der Waals surface area contributed by atoms with Gasteiger partial charge in [0, 0.05) is 11.6 Å². The van der Waals surface area contributed by atoms with E-state index in [0.717, 1.165) is 22.0 Å². The second-order valence-electron chi connectivity index (χ2n) is 6.49. The second-order valence-corrected chi connectivity index (χ2v) is 6.49. The lowest BCUT2D eigenvalue weighted by molar-refractivity contribution is 0.665. The number of nitrogens with one attached hydrogen (secondary N) is 1. The van der Waals surface area contributed by atoms with Gasteiger partial charge in [0.2, 0.25) is 0 Å². The molecule has 0 radical (unpaired) electrons. The molecule has 0 atom stereocenters. The van der Waals surface area contributed by atoms with Crippen LogP contribution in [0.15, 0.2) is 66.9 Å². The summed E-state index contributed by atoms with van der Waals surface area (Å²) in [5.41, 5.74) is 4.04. The first kappa shape index (κ1) is 16.8. The third-order valence-electron chi connectivity index (χ3n) is 4.51. The van der Waals surface area contributed by atoms with Crippen molar-refractivity contribution in [3.05, 3.63) is 78.1 Å². The molecule has 0 amide bonds. The van der Waals surface area contributed by atoms with E-state index in [9.17, 15) is 0 Å². The molecule has 4 aromatic heterocycles. The number of terminal acetylenes is 1. The average Bonchev–Trinajstić information content (AvgIpc) is 3.16. The van der Waals surface area contributed by atoms with Crippen molar-refractivity contribution in [1.29, 1.82) is 0 Å². The Balaban J connectivity index is 1.46.